The Morgan fingerprint density at radius 1 is 1.07 bits per heavy atom. The van der Waals surface area contributed by atoms with Crippen LogP contribution in [0.1, 0.15) is 43.0 Å². The van der Waals surface area contributed by atoms with E-state index in [0.29, 0.717) is 23.4 Å². The van der Waals surface area contributed by atoms with Gasteiger partial charge in [-0.1, -0.05) is 23.7 Å². The first-order chi connectivity index (χ1) is 21.3. The molecule has 2 amide bonds. The van der Waals surface area contributed by atoms with Gasteiger partial charge >= 0.3 is 6.18 Å². The fourth-order valence-corrected chi connectivity index (χ4v) is 5.51. The number of carbonyl (C=O) groups is 2. The molecule has 0 bridgehead atoms. The molecule has 5 aromatic rings. The van der Waals surface area contributed by atoms with Crippen LogP contribution in [0.5, 0.6) is 5.75 Å². The lowest BCUT2D eigenvalue weighted by Gasteiger charge is -2.36. The van der Waals surface area contributed by atoms with Gasteiger partial charge in [-0.05, 0) is 54.1 Å². The van der Waals surface area contributed by atoms with Crippen LogP contribution in [0.15, 0.2) is 73.2 Å². The fourth-order valence-electron chi connectivity index (χ4n) is 5.26. The van der Waals surface area contributed by atoms with Gasteiger partial charge in [0, 0.05) is 22.7 Å². The number of fused-ring (bicyclic) bond motifs is 3. The number of aliphatic hydroxyl groups is 1. The van der Waals surface area contributed by atoms with Crippen LogP contribution < -0.4 is 10.1 Å². The molecule has 230 valence electrons. The number of halogens is 6. The second kappa shape index (κ2) is 10.8. The molecule has 1 unspecified atom stereocenters. The van der Waals surface area contributed by atoms with E-state index in [4.69, 9.17) is 16.3 Å². The summed E-state index contributed by atoms with van der Waals surface area (Å²) in [6.45, 7) is -0.270. The first-order valence-electron chi connectivity index (χ1n) is 13.0. The van der Waals surface area contributed by atoms with Crippen LogP contribution in [0.25, 0.3) is 5.65 Å². The molecule has 45 heavy (non-hydrogen) atoms. The molecule has 3 aromatic carbocycles. The Bertz CT molecular complexity index is 2000. The highest BCUT2D eigenvalue weighted by Crippen LogP contribution is 2.49. The summed E-state index contributed by atoms with van der Waals surface area (Å²) in [7, 11) is 1.47. The average molecular weight is 644 g/mol. The number of nitrogens with zero attached hydrogens (tertiary/aromatic N) is 4. The van der Waals surface area contributed by atoms with E-state index in [1.54, 1.807) is 24.3 Å². The first kappa shape index (κ1) is 30.0. The summed E-state index contributed by atoms with van der Waals surface area (Å²) in [6.07, 6.45) is -2.71. The lowest BCUT2D eigenvalue weighted by atomic mass is 9.92. The number of amides is 2. The minimum absolute atomic E-state index is 0.0544. The molecule has 0 aliphatic carbocycles. The van der Waals surface area contributed by atoms with Crippen LogP contribution in [-0.4, -0.2) is 43.5 Å². The molecular weight excluding hydrogens is 625 g/mol. The summed E-state index contributed by atoms with van der Waals surface area (Å²) < 4.78 is 75.3. The third kappa shape index (κ3) is 5.11. The Kier molecular flexibility index (Phi) is 7.21. The summed E-state index contributed by atoms with van der Waals surface area (Å²) in [6, 6.07) is 10.9. The zero-order valence-electron chi connectivity index (χ0n) is 22.9. The standard InChI is InChI=1S/C30H19ClF5N5O4/c1-45-20-5-2-15(3-6-20)12-40-28(43)24-25(29(40,44)21-11-18(32)4-7-22(21)31)23(13-41-26(24)37-14-38-41)39-27(42)16-8-17(30(34,35)36)10-19(33)9-16/h2-11,13-14,44H,12H2,1H3,(H,39,42). The maximum Gasteiger partial charge on any atom is 0.416 e. The molecule has 9 nitrogen and oxygen atoms in total. The number of hydrogen-bond acceptors (Lipinski definition) is 6. The molecule has 0 saturated heterocycles. The molecule has 6 rings (SSSR count). The van der Waals surface area contributed by atoms with Gasteiger partial charge in [0.2, 0.25) is 0 Å². The van der Waals surface area contributed by atoms with Crippen molar-refractivity contribution < 1.29 is 41.4 Å². The number of aromatic nitrogens is 3. The normalized spacial score (nSPS) is 16.3. The molecule has 1 atom stereocenters. The molecule has 1 aliphatic rings. The second-order valence-corrected chi connectivity index (χ2v) is 10.4. The van der Waals surface area contributed by atoms with Crippen molar-refractivity contribution in [3.8, 4) is 5.75 Å². The van der Waals surface area contributed by atoms with Gasteiger partial charge in [-0.15, -0.1) is 0 Å². The van der Waals surface area contributed by atoms with E-state index in [0.717, 1.165) is 40.1 Å². The SMILES string of the molecule is COc1ccc(CN2C(=O)c3c(c(NC(=O)c4cc(F)cc(C(F)(F)F)c4)cn4ncnc34)C2(O)c2cc(F)ccc2Cl)cc1. The van der Waals surface area contributed by atoms with Crippen LogP contribution in [0.2, 0.25) is 5.02 Å². The predicted octanol–water partition coefficient (Wildman–Crippen LogP) is 5.79. The number of nitrogens with one attached hydrogen (secondary N) is 1. The monoisotopic (exact) mass is 643 g/mol. The number of hydrogen-bond donors (Lipinski definition) is 2. The number of benzene rings is 3. The van der Waals surface area contributed by atoms with E-state index >= 15 is 0 Å². The molecule has 0 spiro atoms. The molecule has 3 heterocycles. The van der Waals surface area contributed by atoms with Crippen molar-refractivity contribution in [2.75, 3.05) is 12.4 Å². The Morgan fingerprint density at radius 3 is 2.49 bits per heavy atom. The van der Waals surface area contributed by atoms with Crippen LogP contribution in [0.3, 0.4) is 0 Å². The highest BCUT2D eigenvalue weighted by atomic mass is 35.5. The van der Waals surface area contributed by atoms with Crippen molar-refractivity contribution in [2.45, 2.75) is 18.4 Å². The molecule has 0 radical (unpaired) electrons. The van der Waals surface area contributed by atoms with Crippen molar-refractivity contribution >= 4 is 34.7 Å². The molecule has 1 aliphatic heterocycles. The summed E-state index contributed by atoms with van der Waals surface area (Å²) >= 11 is 6.47. The summed E-state index contributed by atoms with van der Waals surface area (Å²) in [5, 5.41) is 18.8. The molecule has 15 heteroatoms. The van der Waals surface area contributed by atoms with Crippen molar-refractivity contribution in [1.82, 2.24) is 19.5 Å². The smallest absolute Gasteiger partial charge is 0.416 e. The van der Waals surface area contributed by atoms with Gasteiger partial charge in [0.15, 0.2) is 11.4 Å². The van der Waals surface area contributed by atoms with Gasteiger partial charge in [0.1, 0.15) is 23.7 Å². The minimum atomic E-state index is -4.96. The Balaban J connectivity index is 1.56. The predicted molar refractivity (Wildman–Crippen MR) is 150 cm³/mol. The Hall–Kier alpha value is -5.08. The van der Waals surface area contributed by atoms with Gasteiger partial charge in [0.25, 0.3) is 11.8 Å². The maximum atomic E-state index is 14.7. The van der Waals surface area contributed by atoms with Gasteiger partial charge in [0.05, 0.1) is 35.7 Å². The number of ether oxygens (including phenoxy) is 1. The van der Waals surface area contributed by atoms with E-state index in [2.05, 4.69) is 15.4 Å². The Morgan fingerprint density at radius 2 is 1.80 bits per heavy atom. The fraction of sp³-hybridized carbons (Fsp3) is 0.133. The largest absolute Gasteiger partial charge is 0.497 e. The average Bonchev–Trinajstić information content (AvgIpc) is 3.55. The molecule has 0 fully saturated rings. The zero-order valence-corrected chi connectivity index (χ0v) is 23.6. The molecule has 2 aromatic heterocycles. The number of rotatable bonds is 6. The highest BCUT2D eigenvalue weighted by Gasteiger charge is 2.54. The second-order valence-electron chi connectivity index (χ2n) is 10.0. The third-order valence-electron chi connectivity index (χ3n) is 7.30. The van der Waals surface area contributed by atoms with E-state index in [9.17, 15) is 36.6 Å². The van der Waals surface area contributed by atoms with Crippen molar-refractivity contribution in [2.24, 2.45) is 0 Å². The summed E-state index contributed by atoms with van der Waals surface area (Å²) in [5.74, 6) is -3.66. The Labute approximate surface area is 255 Å². The summed E-state index contributed by atoms with van der Waals surface area (Å²) in [4.78, 5) is 32.6. The number of carbonyl (C=O) groups excluding carboxylic acids is 2. The number of anilines is 1. The third-order valence-corrected chi connectivity index (χ3v) is 7.63. The first-order valence-corrected chi connectivity index (χ1v) is 13.4. The van der Waals surface area contributed by atoms with E-state index < -0.39 is 46.5 Å². The van der Waals surface area contributed by atoms with Crippen LogP contribution >= 0.6 is 11.6 Å². The lowest BCUT2D eigenvalue weighted by molar-refractivity contribution is -0.137. The number of alkyl halides is 3. The van der Waals surface area contributed by atoms with Crippen molar-refractivity contribution in [1.29, 1.82) is 0 Å². The van der Waals surface area contributed by atoms with Gasteiger partial charge in [-0.2, -0.15) is 18.3 Å². The summed E-state index contributed by atoms with van der Waals surface area (Å²) in [5.41, 5.74) is -5.40. The van der Waals surface area contributed by atoms with Gasteiger partial charge < -0.3 is 15.2 Å². The lowest BCUT2D eigenvalue weighted by Crippen LogP contribution is -2.44. The molecule has 0 saturated carbocycles. The molecular formula is C30H19ClF5N5O4. The maximum absolute atomic E-state index is 14.7. The van der Waals surface area contributed by atoms with E-state index in [-0.39, 0.29) is 45.7 Å². The van der Waals surface area contributed by atoms with Gasteiger partial charge in [-0.3, -0.25) is 14.5 Å². The number of pyridine rings is 1. The van der Waals surface area contributed by atoms with Crippen molar-refractivity contribution in [3.05, 3.63) is 123 Å². The van der Waals surface area contributed by atoms with Gasteiger partial charge in [-0.25, -0.2) is 18.3 Å². The quantitative estimate of drug-likeness (QED) is 0.227. The van der Waals surface area contributed by atoms with Crippen molar-refractivity contribution in [3.63, 3.8) is 0 Å². The number of methoxy groups -OCH3 is 1. The minimum Gasteiger partial charge on any atom is -0.497 e. The van der Waals surface area contributed by atoms with Crippen LogP contribution in [0, 0.1) is 11.6 Å². The van der Waals surface area contributed by atoms with Crippen LogP contribution in [-0.2, 0) is 18.4 Å². The van der Waals surface area contributed by atoms with Crippen LogP contribution in [0.4, 0.5) is 27.6 Å². The highest BCUT2D eigenvalue weighted by molar-refractivity contribution is 6.31. The zero-order chi connectivity index (χ0) is 32.3. The van der Waals surface area contributed by atoms with E-state index in [1.807, 2.05) is 0 Å². The van der Waals surface area contributed by atoms with E-state index in [1.165, 1.54) is 7.11 Å². The molecule has 2 N–H and O–H groups in total. The topological polar surface area (TPSA) is 109 Å².